The van der Waals surface area contributed by atoms with Crippen molar-refractivity contribution in [3.05, 3.63) is 53.6 Å². The number of nitrogens with zero attached hydrogens (tertiary/aromatic N) is 4. The van der Waals surface area contributed by atoms with Crippen LogP contribution in [0.2, 0.25) is 0 Å². The maximum atomic E-state index is 13.4. The van der Waals surface area contributed by atoms with Crippen molar-refractivity contribution < 1.29 is 22.4 Å². The van der Waals surface area contributed by atoms with Crippen molar-refractivity contribution in [3.8, 4) is 0 Å². The van der Waals surface area contributed by atoms with E-state index in [-0.39, 0.29) is 11.5 Å². The van der Waals surface area contributed by atoms with Crippen molar-refractivity contribution in [2.45, 2.75) is 26.6 Å². The van der Waals surface area contributed by atoms with Gasteiger partial charge in [0, 0.05) is 31.9 Å². The van der Waals surface area contributed by atoms with Crippen LogP contribution in [0, 0.1) is 5.82 Å². The Hall–Kier alpha value is -2.84. The summed E-state index contributed by atoms with van der Waals surface area (Å²) in [6.07, 6.45) is -2.93. The highest BCUT2D eigenvalue weighted by atomic mass is 19.4. The van der Waals surface area contributed by atoms with Gasteiger partial charge < -0.3 is 9.80 Å². The van der Waals surface area contributed by atoms with Crippen LogP contribution in [-0.2, 0) is 17.5 Å². The zero-order valence-corrected chi connectivity index (χ0v) is 16.2. The number of halogens is 4. The number of benzene rings is 1. The molecule has 156 valence electrons. The van der Waals surface area contributed by atoms with Crippen molar-refractivity contribution in [1.29, 1.82) is 0 Å². The molecule has 1 amide bonds. The van der Waals surface area contributed by atoms with Crippen LogP contribution in [0.3, 0.4) is 0 Å². The molecule has 3 rings (SSSR count). The highest BCUT2D eigenvalue weighted by Gasteiger charge is 2.37. The number of piperazine rings is 1. The highest BCUT2D eigenvalue weighted by molar-refractivity contribution is 5.76. The summed E-state index contributed by atoms with van der Waals surface area (Å²) in [5, 5.41) is 3.99. The molecule has 1 saturated heterocycles. The summed E-state index contributed by atoms with van der Waals surface area (Å²) in [6.45, 7) is 4.70. The Morgan fingerprint density at radius 2 is 1.76 bits per heavy atom. The molecule has 2 aromatic rings. The van der Waals surface area contributed by atoms with Gasteiger partial charge in [0.2, 0.25) is 5.91 Å². The number of rotatable bonds is 4. The van der Waals surface area contributed by atoms with Gasteiger partial charge in [0.15, 0.2) is 0 Å². The standard InChI is InChI=1S/C20H22F4N4O/c1-3-14(2)17-12-18(20(22,23)24)28(25-17)13-19(29)27-10-8-26(9-11-27)16-6-4-15(21)5-7-16/h3-7,12H,8-11,13H2,1-2H3/b14-3+. The van der Waals surface area contributed by atoms with Crippen LogP contribution >= 0.6 is 0 Å². The number of aromatic nitrogens is 2. The van der Waals surface area contributed by atoms with E-state index < -0.39 is 24.3 Å². The molecule has 0 bridgehead atoms. The van der Waals surface area contributed by atoms with Crippen LogP contribution in [0.5, 0.6) is 0 Å². The molecule has 1 fully saturated rings. The van der Waals surface area contributed by atoms with Gasteiger partial charge in [-0.05, 0) is 49.8 Å². The molecule has 1 aromatic carbocycles. The molecule has 1 aliphatic heterocycles. The molecule has 1 aromatic heterocycles. The van der Waals surface area contributed by atoms with E-state index in [2.05, 4.69) is 5.10 Å². The van der Waals surface area contributed by atoms with Crippen LogP contribution in [0.25, 0.3) is 5.57 Å². The van der Waals surface area contributed by atoms with Crippen LogP contribution in [0.4, 0.5) is 23.2 Å². The van der Waals surface area contributed by atoms with Crippen LogP contribution < -0.4 is 4.90 Å². The van der Waals surface area contributed by atoms with Gasteiger partial charge in [-0.3, -0.25) is 9.48 Å². The summed E-state index contributed by atoms with van der Waals surface area (Å²) >= 11 is 0. The van der Waals surface area contributed by atoms with Gasteiger partial charge >= 0.3 is 6.18 Å². The van der Waals surface area contributed by atoms with Gasteiger partial charge in [-0.2, -0.15) is 18.3 Å². The highest BCUT2D eigenvalue weighted by Crippen LogP contribution is 2.31. The molecule has 29 heavy (non-hydrogen) atoms. The van der Waals surface area contributed by atoms with E-state index >= 15 is 0 Å². The van der Waals surface area contributed by atoms with E-state index in [0.717, 1.165) is 16.4 Å². The first-order valence-electron chi connectivity index (χ1n) is 9.25. The zero-order valence-electron chi connectivity index (χ0n) is 16.2. The number of amides is 1. The maximum absolute atomic E-state index is 13.4. The predicted molar refractivity (Wildman–Crippen MR) is 102 cm³/mol. The largest absolute Gasteiger partial charge is 0.433 e. The van der Waals surface area contributed by atoms with Crippen molar-refractivity contribution in [2.75, 3.05) is 31.1 Å². The molecule has 9 heteroatoms. The average Bonchev–Trinajstić information content (AvgIpc) is 3.12. The number of carbonyl (C=O) groups is 1. The molecule has 0 saturated carbocycles. The van der Waals surface area contributed by atoms with E-state index in [1.807, 2.05) is 4.90 Å². The molecule has 0 unspecified atom stereocenters. The lowest BCUT2D eigenvalue weighted by atomic mass is 10.2. The molecule has 0 aliphatic carbocycles. The second-order valence-electron chi connectivity index (χ2n) is 6.89. The van der Waals surface area contributed by atoms with Crippen molar-refractivity contribution in [3.63, 3.8) is 0 Å². The lowest BCUT2D eigenvalue weighted by Crippen LogP contribution is -2.49. The first-order chi connectivity index (χ1) is 13.7. The predicted octanol–water partition coefficient (Wildman–Crippen LogP) is 3.81. The monoisotopic (exact) mass is 410 g/mol. The van der Waals surface area contributed by atoms with E-state index in [9.17, 15) is 22.4 Å². The van der Waals surface area contributed by atoms with Crippen LogP contribution in [0.15, 0.2) is 36.4 Å². The molecule has 2 heterocycles. The fourth-order valence-electron chi connectivity index (χ4n) is 3.20. The molecule has 0 atom stereocenters. The first kappa shape index (κ1) is 20.9. The Bertz CT molecular complexity index is 894. The molecule has 5 nitrogen and oxygen atoms in total. The van der Waals surface area contributed by atoms with Gasteiger partial charge in [-0.25, -0.2) is 4.39 Å². The van der Waals surface area contributed by atoms with Crippen LogP contribution in [-0.4, -0.2) is 46.8 Å². The fourth-order valence-corrected chi connectivity index (χ4v) is 3.20. The van der Waals surface area contributed by atoms with E-state index in [4.69, 9.17) is 0 Å². The normalized spacial score (nSPS) is 15.7. The SMILES string of the molecule is C/C=C(\C)c1cc(C(F)(F)F)n(CC(=O)N2CCN(c3ccc(F)cc3)CC2)n1. The quantitative estimate of drug-likeness (QED) is 0.720. The Morgan fingerprint density at radius 3 is 2.31 bits per heavy atom. The minimum atomic E-state index is -4.60. The Morgan fingerprint density at radius 1 is 1.14 bits per heavy atom. The minimum absolute atomic E-state index is 0.203. The van der Waals surface area contributed by atoms with Crippen molar-refractivity contribution in [1.82, 2.24) is 14.7 Å². The number of allylic oxidation sites excluding steroid dienone is 2. The van der Waals surface area contributed by atoms with Crippen molar-refractivity contribution in [2.24, 2.45) is 0 Å². The van der Waals surface area contributed by atoms with E-state index in [1.54, 1.807) is 32.1 Å². The third-order valence-electron chi connectivity index (χ3n) is 5.02. The van der Waals surface area contributed by atoms with E-state index in [1.165, 1.54) is 17.0 Å². The number of hydrogen-bond donors (Lipinski definition) is 0. The summed E-state index contributed by atoms with van der Waals surface area (Å²) in [5.41, 5.74) is 0.715. The molecular weight excluding hydrogens is 388 g/mol. The Balaban J connectivity index is 1.68. The van der Waals surface area contributed by atoms with Gasteiger partial charge in [0.05, 0.1) is 5.69 Å². The lowest BCUT2D eigenvalue weighted by molar-refractivity contribution is -0.145. The number of anilines is 1. The number of alkyl halides is 3. The van der Waals surface area contributed by atoms with Gasteiger partial charge in [0.1, 0.15) is 18.1 Å². The average molecular weight is 410 g/mol. The van der Waals surface area contributed by atoms with Gasteiger partial charge in [0.25, 0.3) is 0 Å². The Labute approximate surface area is 166 Å². The lowest BCUT2D eigenvalue weighted by Gasteiger charge is -2.36. The minimum Gasteiger partial charge on any atom is -0.368 e. The zero-order chi connectivity index (χ0) is 21.2. The third-order valence-corrected chi connectivity index (χ3v) is 5.02. The number of carbonyl (C=O) groups excluding carboxylic acids is 1. The summed E-state index contributed by atoms with van der Waals surface area (Å²) in [5.74, 6) is -0.739. The van der Waals surface area contributed by atoms with Crippen LogP contribution in [0.1, 0.15) is 25.2 Å². The smallest absolute Gasteiger partial charge is 0.368 e. The summed E-state index contributed by atoms with van der Waals surface area (Å²) < 4.78 is 53.8. The summed E-state index contributed by atoms with van der Waals surface area (Å²) in [4.78, 5) is 16.1. The molecular formula is C20H22F4N4O. The Kier molecular flexibility index (Phi) is 5.95. The van der Waals surface area contributed by atoms with E-state index in [0.29, 0.717) is 31.8 Å². The summed E-state index contributed by atoms with van der Waals surface area (Å²) in [6, 6.07) is 7.03. The third kappa shape index (κ3) is 4.78. The first-order valence-corrected chi connectivity index (χ1v) is 9.25. The van der Waals surface area contributed by atoms with Crippen molar-refractivity contribution >= 4 is 17.2 Å². The van der Waals surface area contributed by atoms with Gasteiger partial charge in [-0.1, -0.05) is 6.08 Å². The number of hydrogen-bond acceptors (Lipinski definition) is 3. The topological polar surface area (TPSA) is 41.4 Å². The molecule has 1 aliphatic rings. The molecule has 0 N–H and O–H groups in total. The summed E-state index contributed by atoms with van der Waals surface area (Å²) in [7, 11) is 0. The molecule has 0 spiro atoms. The fraction of sp³-hybridized carbons (Fsp3) is 0.400. The maximum Gasteiger partial charge on any atom is 0.433 e. The molecule has 0 radical (unpaired) electrons. The second-order valence-corrected chi connectivity index (χ2v) is 6.89. The second kappa shape index (κ2) is 8.26. The van der Waals surface area contributed by atoms with Gasteiger partial charge in [-0.15, -0.1) is 0 Å².